The molecule has 180 valence electrons. The molecule has 0 bridgehead atoms. The highest BCUT2D eigenvalue weighted by Crippen LogP contribution is 2.70. The number of carboxylic acids is 1. The first-order valence-electron chi connectivity index (χ1n) is 12.0. The van der Waals surface area contributed by atoms with Crippen LogP contribution < -0.4 is 0 Å². The number of carbonyl (C=O) groups is 4. The third kappa shape index (κ3) is 2.95. The van der Waals surface area contributed by atoms with E-state index in [1.807, 2.05) is 34.6 Å². The van der Waals surface area contributed by atoms with E-state index in [9.17, 15) is 24.3 Å². The van der Waals surface area contributed by atoms with E-state index in [-0.39, 0.29) is 54.9 Å². The second-order valence-corrected chi connectivity index (χ2v) is 12.0. The third-order valence-corrected chi connectivity index (χ3v) is 10.2. The second-order valence-electron chi connectivity index (χ2n) is 12.0. The zero-order valence-corrected chi connectivity index (χ0v) is 20.4. The van der Waals surface area contributed by atoms with E-state index in [1.165, 1.54) is 0 Å². The lowest BCUT2D eigenvalue weighted by molar-refractivity contribution is -0.146. The summed E-state index contributed by atoms with van der Waals surface area (Å²) in [6, 6.07) is 0. The van der Waals surface area contributed by atoms with Gasteiger partial charge in [-0.05, 0) is 49.0 Å². The predicted molar refractivity (Wildman–Crippen MR) is 122 cm³/mol. The molecule has 33 heavy (non-hydrogen) atoms. The van der Waals surface area contributed by atoms with Crippen LogP contribution in [0.1, 0.15) is 79.6 Å². The van der Waals surface area contributed by atoms with E-state index in [2.05, 4.69) is 6.58 Å². The Bertz CT molecular complexity index is 1020. The standard InChI is InChI=1S/C27H36O6/c1-14(7-8-21(32)33)15-11-20(31)27(6)23-16(28)12-18-24(2,3)19(30)9-10-25(18,4)22(23)17(29)13-26(15,27)5/h15-16,18,28H,1,7-13H2,2-6H3,(H,32,33). The van der Waals surface area contributed by atoms with Gasteiger partial charge in [0.25, 0.3) is 0 Å². The molecule has 6 nitrogen and oxygen atoms in total. The van der Waals surface area contributed by atoms with Gasteiger partial charge in [-0.2, -0.15) is 0 Å². The Labute approximate surface area is 195 Å². The number of aliphatic hydroxyl groups is 1. The topological polar surface area (TPSA) is 109 Å². The average molecular weight is 457 g/mol. The lowest BCUT2D eigenvalue weighted by Gasteiger charge is -2.60. The van der Waals surface area contributed by atoms with Gasteiger partial charge in [-0.15, -0.1) is 0 Å². The summed E-state index contributed by atoms with van der Waals surface area (Å²) in [7, 11) is 0. The zero-order chi connectivity index (χ0) is 24.7. The molecule has 4 rings (SSSR count). The molecule has 6 unspecified atom stereocenters. The Hall–Kier alpha value is -2.08. The molecular formula is C27H36O6. The SMILES string of the molecule is C=C(CCC(=O)O)C1CC(=O)C2(C)C3=C(C(=O)CC12C)C1(C)CCC(=O)C(C)(C)C1CC3O. The predicted octanol–water partition coefficient (Wildman–Crippen LogP) is 4.05. The fourth-order valence-electron chi connectivity index (χ4n) is 8.08. The van der Waals surface area contributed by atoms with Gasteiger partial charge in [0.05, 0.1) is 11.5 Å². The van der Waals surface area contributed by atoms with Crippen molar-refractivity contribution in [3.63, 3.8) is 0 Å². The van der Waals surface area contributed by atoms with Crippen LogP contribution in [-0.2, 0) is 19.2 Å². The summed E-state index contributed by atoms with van der Waals surface area (Å²) < 4.78 is 0. The molecule has 2 saturated carbocycles. The summed E-state index contributed by atoms with van der Waals surface area (Å²) in [5, 5.41) is 20.6. The first-order chi connectivity index (χ1) is 15.1. The second kappa shape index (κ2) is 7.21. The van der Waals surface area contributed by atoms with Crippen molar-refractivity contribution in [2.75, 3.05) is 0 Å². The number of hydrogen-bond donors (Lipinski definition) is 2. The van der Waals surface area contributed by atoms with Gasteiger partial charge in [-0.3, -0.25) is 19.2 Å². The molecule has 0 aromatic heterocycles. The molecule has 2 fully saturated rings. The van der Waals surface area contributed by atoms with Crippen LogP contribution in [-0.4, -0.2) is 39.6 Å². The van der Waals surface area contributed by atoms with Gasteiger partial charge in [0.2, 0.25) is 0 Å². The van der Waals surface area contributed by atoms with E-state index in [0.29, 0.717) is 36.0 Å². The molecule has 0 saturated heterocycles. The van der Waals surface area contributed by atoms with E-state index in [4.69, 9.17) is 5.11 Å². The molecule has 4 aliphatic rings. The minimum atomic E-state index is -1.02. The van der Waals surface area contributed by atoms with Crippen LogP contribution in [0.15, 0.2) is 23.3 Å². The maximum Gasteiger partial charge on any atom is 0.303 e. The maximum absolute atomic E-state index is 13.9. The van der Waals surface area contributed by atoms with Gasteiger partial charge in [-0.25, -0.2) is 0 Å². The molecule has 4 aliphatic carbocycles. The van der Waals surface area contributed by atoms with Crippen LogP contribution in [0.3, 0.4) is 0 Å². The highest BCUT2D eigenvalue weighted by Gasteiger charge is 2.70. The normalized spacial score (nSPS) is 42.0. The summed E-state index contributed by atoms with van der Waals surface area (Å²) in [6.07, 6.45) is 0.878. The van der Waals surface area contributed by atoms with Crippen molar-refractivity contribution in [3.05, 3.63) is 23.3 Å². The molecule has 0 aliphatic heterocycles. The number of fused-ring (bicyclic) bond motifs is 4. The molecule has 0 radical (unpaired) electrons. The van der Waals surface area contributed by atoms with E-state index < -0.39 is 33.7 Å². The van der Waals surface area contributed by atoms with Gasteiger partial charge >= 0.3 is 5.97 Å². The summed E-state index contributed by atoms with van der Waals surface area (Å²) in [5.41, 5.74) is -1.17. The Morgan fingerprint density at radius 1 is 1.06 bits per heavy atom. The Morgan fingerprint density at radius 3 is 2.30 bits per heavy atom. The monoisotopic (exact) mass is 456 g/mol. The summed E-state index contributed by atoms with van der Waals surface area (Å²) >= 11 is 0. The van der Waals surface area contributed by atoms with Gasteiger partial charge in [0, 0.05) is 42.1 Å². The lowest BCUT2D eigenvalue weighted by atomic mass is 9.42. The molecule has 0 aromatic rings. The average Bonchev–Trinajstić information content (AvgIpc) is 2.92. The maximum atomic E-state index is 13.9. The van der Waals surface area contributed by atoms with Crippen LogP contribution in [0.4, 0.5) is 0 Å². The molecule has 0 amide bonds. The molecule has 2 N–H and O–H groups in total. The highest BCUT2D eigenvalue weighted by atomic mass is 16.4. The molecular weight excluding hydrogens is 420 g/mol. The van der Waals surface area contributed by atoms with Crippen molar-refractivity contribution in [2.45, 2.75) is 85.7 Å². The van der Waals surface area contributed by atoms with Crippen LogP contribution in [0.5, 0.6) is 0 Å². The van der Waals surface area contributed by atoms with Crippen molar-refractivity contribution >= 4 is 23.3 Å². The first-order valence-corrected chi connectivity index (χ1v) is 12.0. The summed E-state index contributed by atoms with van der Waals surface area (Å²) in [4.78, 5) is 51.4. The molecule has 0 heterocycles. The summed E-state index contributed by atoms with van der Waals surface area (Å²) in [6.45, 7) is 13.8. The van der Waals surface area contributed by atoms with Crippen molar-refractivity contribution < 1.29 is 29.4 Å². The first kappa shape index (κ1) is 24.1. The largest absolute Gasteiger partial charge is 0.481 e. The summed E-state index contributed by atoms with van der Waals surface area (Å²) in [5.74, 6) is -1.31. The lowest BCUT2D eigenvalue weighted by Crippen LogP contribution is -2.59. The molecule has 6 atom stereocenters. The Morgan fingerprint density at radius 2 is 1.70 bits per heavy atom. The Balaban J connectivity index is 1.86. The van der Waals surface area contributed by atoms with E-state index in [0.717, 1.165) is 0 Å². The van der Waals surface area contributed by atoms with Gasteiger partial charge < -0.3 is 10.2 Å². The number of hydrogen-bond acceptors (Lipinski definition) is 5. The van der Waals surface area contributed by atoms with Crippen LogP contribution in [0.2, 0.25) is 0 Å². The number of Topliss-reactive ketones (excluding diaryl/α,β-unsaturated/α-hetero) is 3. The van der Waals surface area contributed by atoms with Crippen LogP contribution >= 0.6 is 0 Å². The number of carbonyl (C=O) groups excluding carboxylic acids is 3. The minimum absolute atomic E-state index is 0.0151. The van der Waals surface area contributed by atoms with Gasteiger partial charge in [0.15, 0.2) is 5.78 Å². The fraction of sp³-hybridized carbons (Fsp3) is 0.704. The van der Waals surface area contributed by atoms with Crippen molar-refractivity contribution in [3.8, 4) is 0 Å². The molecule has 0 aromatic carbocycles. The van der Waals surface area contributed by atoms with Gasteiger partial charge in [-0.1, -0.05) is 39.8 Å². The van der Waals surface area contributed by atoms with Crippen LogP contribution in [0.25, 0.3) is 0 Å². The number of rotatable bonds is 4. The van der Waals surface area contributed by atoms with Gasteiger partial charge in [0.1, 0.15) is 11.6 Å². The fourth-order valence-corrected chi connectivity index (χ4v) is 8.08. The third-order valence-electron chi connectivity index (χ3n) is 10.2. The quantitative estimate of drug-likeness (QED) is 0.618. The van der Waals surface area contributed by atoms with Crippen molar-refractivity contribution in [2.24, 2.45) is 33.5 Å². The van der Waals surface area contributed by atoms with E-state index >= 15 is 0 Å². The smallest absolute Gasteiger partial charge is 0.303 e. The van der Waals surface area contributed by atoms with Crippen molar-refractivity contribution in [1.82, 2.24) is 0 Å². The number of aliphatic carboxylic acids is 1. The van der Waals surface area contributed by atoms with Crippen LogP contribution in [0, 0.1) is 33.5 Å². The minimum Gasteiger partial charge on any atom is -0.481 e. The molecule has 0 spiro atoms. The molecule has 6 heteroatoms. The number of aliphatic hydroxyl groups excluding tert-OH is 1. The number of ketones is 3. The number of allylic oxidation sites excluding steroid dienone is 2. The number of carboxylic acid groups (broad SMARTS) is 1. The Kier molecular flexibility index (Phi) is 5.25. The van der Waals surface area contributed by atoms with E-state index in [1.54, 1.807) is 0 Å². The van der Waals surface area contributed by atoms with Crippen molar-refractivity contribution in [1.29, 1.82) is 0 Å². The highest BCUT2D eigenvalue weighted by molar-refractivity contribution is 6.05. The zero-order valence-electron chi connectivity index (χ0n) is 20.4.